The fourth-order valence-corrected chi connectivity index (χ4v) is 3.78. The summed E-state index contributed by atoms with van der Waals surface area (Å²) in [6.07, 6.45) is 0. The van der Waals surface area contributed by atoms with Crippen LogP contribution in [0.15, 0.2) is 66.7 Å². The molecule has 1 aromatic heterocycles. The lowest BCUT2D eigenvalue weighted by atomic mass is 10.0. The SMILES string of the molecule is COc1ccc(-c2ccccc2)c2nc(-c3ccc(C(C)C)cc3)n(CCO)c12. The van der Waals surface area contributed by atoms with Gasteiger partial charge in [-0.05, 0) is 29.2 Å². The Bertz CT molecular complexity index is 1110. The Morgan fingerprint density at radius 2 is 1.66 bits per heavy atom. The van der Waals surface area contributed by atoms with Crippen LogP contribution in [0.4, 0.5) is 0 Å². The molecule has 148 valence electrons. The first-order valence-electron chi connectivity index (χ1n) is 9.98. The molecule has 4 heteroatoms. The van der Waals surface area contributed by atoms with Crippen molar-refractivity contribution in [2.75, 3.05) is 13.7 Å². The zero-order valence-electron chi connectivity index (χ0n) is 17.1. The second kappa shape index (κ2) is 8.10. The molecule has 1 heterocycles. The number of fused-ring (bicyclic) bond motifs is 1. The molecule has 4 aromatic rings. The maximum atomic E-state index is 9.75. The summed E-state index contributed by atoms with van der Waals surface area (Å²) in [4.78, 5) is 5.03. The van der Waals surface area contributed by atoms with E-state index in [1.807, 2.05) is 24.3 Å². The van der Waals surface area contributed by atoms with Crippen molar-refractivity contribution in [1.29, 1.82) is 0 Å². The Morgan fingerprint density at radius 1 is 0.931 bits per heavy atom. The first-order valence-corrected chi connectivity index (χ1v) is 9.98. The van der Waals surface area contributed by atoms with Crippen molar-refractivity contribution in [3.63, 3.8) is 0 Å². The maximum absolute atomic E-state index is 9.75. The van der Waals surface area contributed by atoms with Gasteiger partial charge in [-0.15, -0.1) is 0 Å². The lowest BCUT2D eigenvalue weighted by Crippen LogP contribution is -2.05. The predicted octanol–water partition coefficient (Wildman–Crippen LogP) is 5.49. The van der Waals surface area contributed by atoms with Crippen LogP contribution in [0.5, 0.6) is 5.75 Å². The molecule has 0 radical (unpaired) electrons. The Balaban J connectivity index is 1.98. The zero-order valence-corrected chi connectivity index (χ0v) is 17.1. The molecular formula is C25H26N2O2. The fraction of sp³-hybridized carbons (Fsp3) is 0.240. The van der Waals surface area contributed by atoms with E-state index in [2.05, 4.69) is 60.9 Å². The molecule has 0 saturated heterocycles. The zero-order chi connectivity index (χ0) is 20.4. The van der Waals surface area contributed by atoms with Crippen molar-refractivity contribution in [2.45, 2.75) is 26.3 Å². The average Bonchev–Trinajstić information content (AvgIpc) is 3.13. The van der Waals surface area contributed by atoms with Gasteiger partial charge in [0.15, 0.2) is 0 Å². The van der Waals surface area contributed by atoms with Gasteiger partial charge in [0, 0.05) is 17.7 Å². The van der Waals surface area contributed by atoms with Gasteiger partial charge in [0.2, 0.25) is 0 Å². The average molecular weight is 386 g/mol. The molecule has 0 amide bonds. The summed E-state index contributed by atoms with van der Waals surface area (Å²) in [5.41, 5.74) is 6.27. The summed E-state index contributed by atoms with van der Waals surface area (Å²) in [5, 5.41) is 9.75. The number of methoxy groups -OCH3 is 1. The highest BCUT2D eigenvalue weighted by Crippen LogP contribution is 2.37. The molecule has 0 atom stereocenters. The first kappa shape index (κ1) is 19.2. The van der Waals surface area contributed by atoms with Gasteiger partial charge >= 0.3 is 0 Å². The van der Waals surface area contributed by atoms with Crippen molar-refractivity contribution in [3.05, 3.63) is 72.3 Å². The first-order chi connectivity index (χ1) is 14.1. The van der Waals surface area contributed by atoms with Gasteiger partial charge in [0.05, 0.1) is 13.7 Å². The van der Waals surface area contributed by atoms with Crippen LogP contribution in [-0.2, 0) is 6.54 Å². The highest BCUT2D eigenvalue weighted by molar-refractivity contribution is 5.97. The van der Waals surface area contributed by atoms with Gasteiger partial charge in [-0.1, -0.05) is 68.4 Å². The molecule has 29 heavy (non-hydrogen) atoms. The van der Waals surface area contributed by atoms with Crippen LogP contribution < -0.4 is 4.74 Å². The summed E-state index contributed by atoms with van der Waals surface area (Å²) in [6.45, 7) is 4.85. The minimum absolute atomic E-state index is 0.0290. The Morgan fingerprint density at radius 3 is 2.28 bits per heavy atom. The van der Waals surface area contributed by atoms with E-state index in [0.717, 1.165) is 39.3 Å². The third kappa shape index (κ3) is 3.52. The normalized spacial score (nSPS) is 11.3. The van der Waals surface area contributed by atoms with E-state index in [9.17, 15) is 5.11 Å². The summed E-state index contributed by atoms with van der Waals surface area (Å²) in [7, 11) is 1.67. The number of imidazole rings is 1. The second-order valence-electron chi connectivity index (χ2n) is 7.47. The minimum atomic E-state index is 0.0290. The molecule has 0 fully saturated rings. The van der Waals surface area contributed by atoms with E-state index < -0.39 is 0 Å². The molecule has 0 saturated carbocycles. The van der Waals surface area contributed by atoms with Gasteiger partial charge < -0.3 is 14.4 Å². The molecule has 0 spiro atoms. The van der Waals surface area contributed by atoms with Crippen LogP contribution >= 0.6 is 0 Å². The molecule has 4 nitrogen and oxygen atoms in total. The molecular weight excluding hydrogens is 360 g/mol. The molecule has 0 aliphatic heterocycles. The number of hydrogen-bond donors (Lipinski definition) is 1. The maximum Gasteiger partial charge on any atom is 0.144 e. The predicted molar refractivity (Wildman–Crippen MR) is 118 cm³/mol. The minimum Gasteiger partial charge on any atom is -0.494 e. The van der Waals surface area contributed by atoms with Crippen LogP contribution in [0, 0.1) is 0 Å². The van der Waals surface area contributed by atoms with Crippen molar-refractivity contribution >= 4 is 11.0 Å². The second-order valence-corrected chi connectivity index (χ2v) is 7.47. The molecule has 3 aromatic carbocycles. The topological polar surface area (TPSA) is 47.3 Å². The van der Waals surface area contributed by atoms with Crippen LogP contribution in [0.3, 0.4) is 0 Å². The standard InChI is InChI=1S/C25H26N2O2/c1-17(2)18-9-11-20(12-10-18)25-26-23-21(19-7-5-4-6-8-19)13-14-22(29-3)24(23)27(25)15-16-28/h4-14,17,28H,15-16H2,1-3H3. The van der Waals surface area contributed by atoms with E-state index in [0.29, 0.717) is 12.5 Å². The number of aromatic nitrogens is 2. The Hall–Kier alpha value is -3.11. The number of nitrogens with zero attached hydrogens (tertiary/aromatic N) is 2. The van der Waals surface area contributed by atoms with Gasteiger partial charge in [0.25, 0.3) is 0 Å². The van der Waals surface area contributed by atoms with Gasteiger partial charge in [-0.2, -0.15) is 0 Å². The molecule has 4 rings (SSSR count). The molecule has 1 N–H and O–H groups in total. The lowest BCUT2D eigenvalue weighted by molar-refractivity contribution is 0.278. The van der Waals surface area contributed by atoms with E-state index in [1.165, 1.54) is 5.56 Å². The summed E-state index contributed by atoms with van der Waals surface area (Å²) in [5.74, 6) is 2.07. The number of aliphatic hydroxyl groups excluding tert-OH is 1. The van der Waals surface area contributed by atoms with E-state index in [1.54, 1.807) is 7.11 Å². The highest BCUT2D eigenvalue weighted by Gasteiger charge is 2.19. The summed E-state index contributed by atoms with van der Waals surface area (Å²) in [6, 6.07) is 22.8. The number of ether oxygens (including phenoxy) is 1. The lowest BCUT2D eigenvalue weighted by Gasteiger charge is -2.12. The van der Waals surface area contributed by atoms with Crippen molar-refractivity contribution in [2.24, 2.45) is 0 Å². The molecule has 0 unspecified atom stereocenters. The molecule has 0 aliphatic rings. The smallest absolute Gasteiger partial charge is 0.144 e. The van der Waals surface area contributed by atoms with Crippen LogP contribution in [-0.4, -0.2) is 28.4 Å². The van der Waals surface area contributed by atoms with Crippen molar-refractivity contribution < 1.29 is 9.84 Å². The van der Waals surface area contributed by atoms with E-state index in [4.69, 9.17) is 9.72 Å². The quantitative estimate of drug-likeness (QED) is 0.476. The van der Waals surface area contributed by atoms with E-state index in [-0.39, 0.29) is 6.61 Å². The molecule has 0 aliphatic carbocycles. The van der Waals surface area contributed by atoms with Crippen LogP contribution in [0.25, 0.3) is 33.5 Å². The third-order valence-corrected chi connectivity index (χ3v) is 5.32. The van der Waals surface area contributed by atoms with Gasteiger partial charge in [-0.3, -0.25) is 0 Å². The summed E-state index contributed by atoms with van der Waals surface area (Å²) >= 11 is 0. The monoisotopic (exact) mass is 386 g/mol. The van der Waals surface area contributed by atoms with Gasteiger partial charge in [0.1, 0.15) is 22.6 Å². The van der Waals surface area contributed by atoms with Gasteiger partial charge in [-0.25, -0.2) is 4.98 Å². The van der Waals surface area contributed by atoms with Crippen LogP contribution in [0.1, 0.15) is 25.3 Å². The Kier molecular flexibility index (Phi) is 5.36. The van der Waals surface area contributed by atoms with Crippen molar-refractivity contribution in [3.8, 4) is 28.3 Å². The van der Waals surface area contributed by atoms with E-state index >= 15 is 0 Å². The van der Waals surface area contributed by atoms with Crippen molar-refractivity contribution in [1.82, 2.24) is 9.55 Å². The third-order valence-electron chi connectivity index (χ3n) is 5.32. The largest absolute Gasteiger partial charge is 0.494 e. The number of rotatable bonds is 6. The number of benzene rings is 3. The highest BCUT2D eigenvalue weighted by atomic mass is 16.5. The Labute approximate surface area is 171 Å². The fourth-order valence-electron chi connectivity index (χ4n) is 3.78. The van der Waals surface area contributed by atoms with Crippen LogP contribution in [0.2, 0.25) is 0 Å². The molecule has 0 bridgehead atoms. The number of aliphatic hydroxyl groups is 1. The summed E-state index contributed by atoms with van der Waals surface area (Å²) < 4.78 is 7.72. The number of hydrogen-bond acceptors (Lipinski definition) is 3.